The van der Waals surface area contributed by atoms with E-state index in [4.69, 9.17) is 17.3 Å². The average Bonchev–Trinajstić information content (AvgIpc) is 2.20. The maximum atomic E-state index is 10.7. The predicted octanol–water partition coefficient (Wildman–Crippen LogP) is 1.37. The van der Waals surface area contributed by atoms with Gasteiger partial charge in [-0.05, 0) is 31.8 Å². The number of carbonyl (C=O) groups excluding carboxylic acids is 1. The van der Waals surface area contributed by atoms with E-state index in [-0.39, 0.29) is 5.91 Å². The van der Waals surface area contributed by atoms with Crippen LogP contribution in [-0.2, 0) is 4.79 Å². The molecule has 0 bridgehead atoms. The number of carbonyl (C=O) groups is 1. The van der Waals surface area contributed by atoms with E-state index in [9.17, 15) is 4.79 Å². The van der Waals surface area contributed by atoms with Gasteiger partial charge in [0.1, 0.15) is 0 Å². The van der Waals surface area contributed by atoms with Crippen molar-refractivity contribution in [3.8, 4) is 0 Å². The van der Waals surface area contributed by atoms with E-state index < -0.39 is 0 Å². The summed E-state index contributed by atoms with van der Waals surface area (Å²) >= 11 is 5.54. The number of nitrogens with two attached hydrogens (primary N) is 1. The molecule has 0 radical (unpaired) electrons. The monoisotopic (exact) mass is 230 g/mol. The quantitative estimate of drug-likeness (QED) is 0.573. The summed E-state index contributed by atoms with van der Waals surface area (Å²) in [6.45, 7) is 3.09. The summed E-state index contributed by atoms with van der Waals surface area (Å²) in [5.74, 6) is 0.907. The molecule has 1 aliphatic rings. The summed E-state index contributed by atoms with van der Waals surface area (Å²) in [5, 5.41) is 0. The van der Waals surface area contributed by atoms with Crippen molar-refractivity contribution < 1.29 is 4.79 Å². The van der Waals surface area contributed by atoms with Gasteiger partial charge in [-0.2, -0.15) is 0 Å². The second-order valence-electron chi connectivity index (χ2n) is 4.04. The minimum Gasteiger partial charge on any atom is -0.370 e. The molecule has 86 valence electrons. The van der Waals surface area contributed by atoms with Crippen LogP contribution in [0.15, 0.2) is 12.2 Å². The topological polar surface area (TPSA) is 46.3 Å². The van der Waals surface area contributed by atoms with Gasteiger partial charge in [-0.3, -0.25) is 9.69 Å². The molecule has 1 heterocycles. The third-order valence-corrected chi connectivity index (χ3v) is 2.99. The molecule has 2 N–H and O–H groups in total. The molecule has 0 aromatic carbocycles. The zero-order chi connectivity index (χ0) is 11.1. The Morgan fingerprint density at radius 3 is 2.60 bits per heavy atom. The summed E-state index contributed by atoms with van der Waals surface area (Å²) in [7, 11) is 0. The zero-order valence-corrected chi connectivity index (χ0v) is 9.75. The van der Waals surface area contributed by atoms with Gasteiger partial charge in [-0.15, -0.1) is 11.6 Å². The molecule has 1 rings (SSSR count). The van der Waals surface area contributed by atoms with Gasteiger partial charge in [-0.25, -0.2) is 0 Å². The number of allylic oxidation sites excluding steroid dienone is 1. The highest BCUT2D eigenvalue weighted by molar-refractivity contribution is 6.18. The first-order valence-electron chi connectivity index (χ1n) is 5.44. The number of nitrogens with zero attached hydrogens (tertiary/aromatic N) is 1. The maximum Gasteiger partial charge on any atom is 0.217 e. The Hall–Kier alpha value is -0.540. The van der Waals surface area contributed by atoms with E-state index in [1.165, 1.54) is 0 Å². The Kier molecular flexibility index (Phi) is 5.73. The van der Waals surface area contributed by atoms with Crippen molar-refractivity contribution in [3.05, 3.63) is 12.2 Å². The summed E-state index contributed by atoms with van der Waals surface area (Å²) < 4.78 is 0. The van der Waals surface area contributed by atoms with Crippen LogP contribution in [0.5, 0.6) is 0 Å². The van der Waals surface area contributed by atoms with Crippen molar-refractivity contribution in [2.24, 2.45) is 11.7 Å². The lowest BCUT2D eigenvalue weighted by atomic mass is 9.93. The normalized spacial score (nSPS) is 19.8. The van der Waals surface area contributed by atoms with Crippen molar-refractivity contribution >= 4 is 17.5 Å². The Balaban J connectivity index is 2.18. The minimum absolute atomic E-state index is 0.171. The molecule has 4 heteroatoms. The molecular weight excluding hydrogens is 212 g/mol. The fourth-order valence-electron chi connectivity index (χ4n) is 1.94. The highest BCUT2D eigenvalue weighted by atomic mass is 35.5. The molecule has 1 amide bonds. The highest BCUT2D eigenvalue weighted by Crippen LogP contribution is 2.19. The van der Waals surface area contributed by atoms with Gasteiger partial charge in [0.2, 0.25) is 5.91 Å². The first kappa shape index (κ1) is 12.5. The van der Waals surface area contributed by atoms with Gasteiger partial charge < -0.3 is 5.73 Å². The molecule has 1 aliphatic heterocycles. The van der Waals surface area contributed by atoms with Crippen LogP contribution >= 0.6 is 11.6 Å². The third kappa shape index (κ3) is 5.19. The van der Waals surface area contributed by atoms with Crippen LogP contribution in [0.2, 0.25) is 0 Å². The van der Waals surface area contributed by atoms with Crippen molar-refractivity contribution in [2.45, 2.75) is 19.3 Å². The van der Waals surface area contributed by atoms with Crippen LogP contribution in [0.1, 0.15) is 19.3 Å². The van der Waals surface area contributed by atoms with Crippen molar-refractivity contribution in [1.82, 2.24) is 4.90 Å². The lowest BCUT2D eigenvalue weighted by molar-refractivity contribution is -0.119. The number of amides is 1. The van der Waals surface area contributed by atoms with Gasteiger partial charge in [0, 0.05) is 18.8 Å². The number of hydrogen-bond acceptors (Lipinski definition) is 2. The number of likely N-dealkylation sites (tertiary alicyclic amines) is 1. The van der Waals surface area contributed by atoms with Crippen molar-refractivity contribution in [3.63, 3.8) is 0 Å². The molecule has 0 spiro atoms. The van der Waals surface area contributed by atoms with Gasteiger partial charge in [0.05, 0.1) is 0 Å². The number of primary amides is 1. The van der Waals surface area contributed by atoms with E-state index in [2.05, 4.69) is 11.0 Å². The van der Waals surface area contributed by atoms with Gasteiger partial charge in [0.15, 0.2) is 0 Å². The van der Waals surface area contributed by atoms with Gasteiger partial charge in [0.25, 0.3) is 0 Å². The summed E-state index contributed by atoms with van der Waals surface area (Å²) in [6, 6.07) is 0. The first-order valence-corrected chi connectivity index (χ1v) is 5.97. The first-order chi connectivity index (χ1) is 7.22. The van der Waals surface area contributed by atoms with Gasteiger partial charge >= 0.3 is 0 Å². The zero-order valence-electron chi connectivity index (χ0n) is 8.99. The minimum atomic E-state index is -0.171. The third-order valence-electron chi connectivity index (χ3n) is 2.82. The Morgan fingerprint density at radius 1 is 1.40 bits per heavy atom. The van der Waals surface area contributed by atoms with Crippen molar-refractivity contribution in [1.29, 1.82) is 0 Å². The Bertz CT molecular complexity index is 223. The van der Waals surface area contributed by atoms with Crippen LogP contribution in [-0.4, -0.2) is 36.3 Å². The van der Waals surface area contributed by atoms with E-state index in [1.807, 2.05) is 6.08 Å². The predicted molar refractivity (Wildman–Crippen MR) is 62.8 cm³/mol. The maximum absolute atomic E-state index is 10.7. The molecule has 0 aliphatic carbocycles. The number of halogens is 1. The van der Waals surface area contributed by atoms with Gasteiger partial charge in [-0.1, -0.05) is 12.2 Å². The molecule has 0 aromatic heterocycles. The molecule has 0 saturated carbocycles. The van der Waals surface area contributed by atoms with E-state index >= 15 is 0 Å². The fourth-order valence-corrected chi connectivity index (χ4v) is 2.07. The van der Waals surface area contributed by atoms with Crippen LogP contribution < -0.4 is 5.73 Å². The van der Waals surface area contributed by atoms with Crippen LogP contribution in [0.3, 0.4) is 0 Å². The van der Waals surface area contributed by atoms with Crippen LogP contribution in [0.25, 0.3) is 0 Å². The lowest BCUT2D eigenvalue weighted by Gasteiger charge is -2.30. The highest BCUT2D eigenvalue weighted by Gasteiger charge is 2.19. The molecule has 0 aromatic rings. The number of rotatable bonds is 5. The van der Waals surface area contributed by atoms with E-state index in [0.29, 0.717) is 18.2 Å². The standard InChI is InChI=1S/C11H19ClN2O/c12-5-1-2-6-14-7-3-10(4-8-14)9-11(13)15/h1-2,10H,3-9H2,(H2,13,15). The number of piperidine rings is 1. The number of alkyl halides is 1. The molecule has 0 atom stereocenters. The second-order valence-corrected chi connectivity index (χ2v) is 4.35. The lowest BCUT2D eigenvalue weighted by Crippen LogP contribution is -2.35. The molecule has 3 nitrogen and oxygen atoms in total. The fraction of sp³-hybridized carbons (Fsp3) is 0.727. The summed E-state index contributed by atoms with van der Waals surface area (Å²) in [6.07, 6.45) is 6.78. The Morgan fingerprint density at radius 2 is 2.07 bits per heavy atom. The molecule has 1 fully saturated rings. The molecular formula is C11H19ClN2O. The largest absolute Gasteiger partial charge is 0.370 e. The van der Waals surface area contributed by atoms with Crippen LogP contribution in [0.4, 0.5) is 0 Å². The summed E-state index contributed by atoms with van der Waals surface area (Å²) in [5.41, 5.74) is 5.18. The smallest absolute Gasteiger partial charge is 0.217 e. The second kappa shape index (κ2) is 6.85. The van der Waals surface area contributed by atoms with Crippen LogP contribution in [0, 0.1) is 5.92 Å². The number of hydrogen-bond donors (Lipinski definition) is 1. The molecule has 0 unspecified atom stereocenters. The van der Waals surface area contributed by atoms with Crippen molar-refractivity contribution in [2.75, 3.05) is 25.5 Å². The Labute approximate surface area is 96.3 Å². The average molecular weight is 231 g/mol. The molecule has 15 heavy (non-hydrogen) atoms. The van der Waals surface area contributed by atoms with E-state index in [0.717, 1.165) is 32.5 Å². The van der Waals surface area contributed by atoms with E-state index in [1.54, 1.807) is 0 Å². The SMILES string of the molecule is NC(=O)CC1CCN(CC=CCCl)CC1. The summed E-state index contributed by atoms with van der Waals surface area (Å²) in [4.78, 5) is 13.1. The molecule has 1 saturated heterocycles.